The summed E-state index contributed by atoms with van der Waals surface area (Å²) in [6, 6.07) is 7.51. The number of esters is 1. The number of nitrogens with zero attached hydrogens (tertiary/aromatic N) is 2. The molecule has 1 aromatic heterocycles. The molecule has 1 amide bonds. The highest BCUT2D eigenvalue weighted by Gasteiger charge is 2.31. The maximum Gasteiger partial charge on any atom is 0.512 e. The summed E-state index contributed by atoms with van der Waals surface area (Å²) in [6.07, 6.45) is -0.417. The van der Waals surface area contributed by atoms with E-state index in [4.69, 9.17) is 9.84 Å². The summed E-state index contributed by atoms with van der Waals surface area (Å²) in [4.78, 5) is 41.7. The lowest BCUT2D eigenvalue weighted by Crippen LogP contribution is -2.29. The van der Waals surface area contributed by atoms with E-state index in [2.05, 4.69) is 9.72 Å². The lowest BCUT2D eigenvalue weighted by Gasteiger charge is -2.24. The Morgan fingerprint density at radius 3 is 2.73 bits per heavy atom. The van der Waals surface area contributed by atoms with Gasteiger partial charge in [0.15, 0.2) is 0 Å². The fraction of sp³-hybridized carbons (Fsp3) is 0.429. The summed E-state index contributed by atoms with van der Waals surface area (Å²) in [7, 11) is 0. The lowest BCUT2D eigenvalue weighted by molar-refractivity contribution is -0.155. The van der Waals surface area contributed by atoms with E-state index in [0.29, 0.717) is 11.4 Å². The van der Waals surface area contributed by atoms with E-state index in [-0.39, 0.29) is 43.1 Å². The Labute approximate surface area is 178 Å². The zero-order valence-electron chi connectivity index (χ0n) is 17.1. The Kier molecular flexibility index (Phi) is 6.40. The molecule has 1 aromatic carbocycles. The van der Waals surface area contributed by atoms with Gasteiger partial charge in [0.1, 0.15) is 10.6 Å². The fourth-order valence-electron chi connectivity index (χ4n) is 3.41. The van der Waals surface area contributed by atoms with E-state index in [9.17, 15) is 14.4 Å². The Bertz CT molecular complexity index is 949. The number of hydrogen-bond acceptors (Lipinski definition) is 7. The molecule has 0 aliphatic carbocycles. The number of carbonyl (C=O) groups is 3. The van der Waals surface area contributed by atoms with Gasteiger partial charge in [-0.05, 0) is 44.7 Å². The molecule has 1 N–H and O–H groups in total. The summed E-state index contributed by atoms with van der Waals surface area (Å²) >= 11 is 1.22. The Morgan fingerprint density at radius 2 is 2.03 bits per heavy atom. The highest BCUT2D eigenvalue weighted by atomic mass is 32.1. The molecule has 2 heterocycles. The summed E-state index contributed by atoms with van der Waals surface area (Å²) in [5.74, 6) is -0.517. The van der Waals surface area contributed by atoms with Crippen molar-refractivity contribution in [3.63, 3.8) is 0 Å². The third kappa shape index (κ3) is 5.56. The molecule has 30 heavy (non-hydrogen) atoms. The van der Waals surface area contributed by atoms with Crippen molar-refractivity contribution < 1.29 is 29.0 Å². The normalized spacial score (nSPS) is 16.6. The third-order valence-corrected chi connectivity index (χ3v) is 5.34. The van der Waals surface area contributed by atoms with E-state index >= 15 is 0 Å². The number of para-hydroxylation sites is 1. The number of hydrogen-bond donors (Lipinski definition) is 1. The van der Waals surface area contributed by atoms with Gasteiger partial charge in [0.25, 0.3) is 0 Å². The second-order valence-corrected chi connectivity index (χ2v) is 8.95. The van der Waals surface area contributed by atoms with Crippen LogP contribution in [0.5, 0.6) is 5.88 Å². The Hall–Kier alpha value is -2.94. The van der Waals surface area contributed by atoms with Crippen LogP contribution in [0.1, 0.15) is 56.5 Å². The van der Waals surface area contributed by atoms with Crippen molar-refractivity contribution in [1.29, 1.82) is 0 Å². The monoisotopic (exact) mass is 432 g/mol. The molecule has 2 aromatic rings. The average Bonchev–Trinajstić information content (AvgIpc) is 3.02. The van der Waals surface area contributed by atoms with Gasteiger partial charge >= 0.3 is 12.1 Å². The van der Waals surface area contributed by atoms with Crippen LogP contribution in [0.25, 0.3) is 0 Å². The van der Waals surface area contributed by atoms with Crippen LogP contribution in [-0.2, 0) is 20.9 Å². The predicted octanol–water partition coefficient (Wildman–Crippen LogP) is 4.34. The molecular weight excluding hydrogens is 408 g/mol. The van der Waals surface area contributed by atoms with Crippen LogP contribution in [0.2, 0.25) is 0 Å². The van der Waals surface area contributed by atoms with Gasteiger partial charge < -0.3 is 19.5 Å². The van der Waals surface area contributed by atoms with Gasteiger partial charge in [0, 0.05) is 12.1 Å². The molecule has 1 aliphatic rings. The summed E-state index contributed by atoms with van der Waals surface area (Å²) < 4.78 is 10.0. The number of fused-ring (bicyclic) bond motifs is 1. The van der Waals surface area contributed by atoms with Crippen LogP contribution < -0.4 is 9.64 Å². The van der Waals surface area contributed by atoms with Crippen LogP contribution in [0.4, 0.5) is 10.5 Å². The van der Waals surface area contributed by atoms with E-state index in [1.807, 2.05) is 45.0 Å². The van der Waals surface area contributed by atoms with Crippen molar-refractivity contribution in [3.05, 3.63) is 40.2 Å². The molecule has 1 atom stereocenters. The predicted molar refractivity (Wildman–Crippen MR) is 111 cm³/mol. The highest BCUT2D eigenvalue weighted by Crippen LogP contribution is 2.38. The first-order valence-corrected chi connectivity index (χ1v) is 10.5. The molecule has 8 nitrogen and oxygen atoms in total. The number of amides is 1. The minimum Gasteiger partial charge on any atom is -0.460 e. The smallest absolute Gasteiger partial charge is 0.460 e. The molecular formula is C21H24N2O6S. The second kappa shape index (κ2) is 8.83. The first-order chi connectivity index (χ1) is 14.1. The van der Waals surface area contributed by atoms with Crippen LogP contribution in [0, 0.1) is 0 Å². The number of aromatic nitrogens is 1. The first-order valence-electron chi connectivity index (χ1n) is 9.58. The number of anilines is 1. The zero-order chi connectivity index (χ0) is 21.9. The number of ether oxygens (including phenoxy) is 2. The maximum atomic E-state index is 12.9. The quantitative estimate of drug-likeness (QED) is 0.700. The molecule has 0 spiro atoms. The van der Waals surface area contributed by atoms with Gasteiger partial charge in [0.2, 0.25) is 11.8 Å². The van der Waals surface area contributed by atoms with E-state index in [1.165, 1.54) is 16.7 Å². The van der Waals surface area contributed by atoms with E-state index in [0.717, 1.165) is 11.3 Å². The summed E-state index contributed by atoms with van der Waals surface area (Å²) in [5.41, 5.74) is 1.07. The summed E-state index contributed by atoms with van der Waals surface area (Å²) in [6.45, 7) is 5.68. The molecule has 0 fully saturated rings. The number of benzene rings is 1. The van der Waals surface area contributed by atoms with Crippen LogP contribution in [0.3, 0.4) is 0 Å². The van der Waals surface area contributed by atoms with Gasteiger partial charge in [-0.25, -0.2) is 9.78 Å². The standard InChI is InChI=1S/C21H24N2O6S/c1-21(2,3)29-19(25)10-13-8-9-18(24)23(15-7-5-4-6-14(13)15)11-17-22-16(12-30-17)28-20(26)27/h4-7,12-13H,8-11H2,1-3H3,(H,26,27). The second-order valence-electron chi connectivity index (χ2n) is 8.01. The minimum absolute atomic E-state index is 0.0131. The average molecular weight is 432 g/mol. The van der Waals surface area contributed by atoms with Crippen molar-refractivity contribution in [2.75, 3.05) is 4.90 Å². The van der Waals surface area contributed by atoms with Crippen molar-refractivity contribution in [2.24, 2.45) is 0 Å². The van der Waals surface area contributed by atoms with Crippen molar-refractivity contribution in [3.8, 4) is 5.88 Å². The van der Waals surface area contributed by atoms with Gasteiger partial charge in [-0.3, -0.25) is 9.59 Å². The van der Waals surface area contributed by atoms with Crippen LogP contribution in [-0.4, -0.2) is 33.7 Å². The number of rotatable bonds is 5. The van der Waals surface area contributed by atoms with Gasteiger partial charge in [-0.2, -0.15) is 0 Å². The van der Waals surface area contributed by atoms with E-state index in [1.54, 1.807) is 4.90 Å². The highest BCUT2D eigenvalue weighted by molar-refractivity contribution is 7.09. The van der Waals surface area contributed by atoms with Crippen LogP contribution >= 0.6 is 11.3 Å². The first kappa shape index (κ1) is 21.8. The van der Waals surface area contributed by atoms with Crippen molar-refractivity contribution in [2.45, 2.75) is 58.1 Å². The molecule has 0 saturated carbocycles. The molecule has 1 unspecified atom stereocenters. The zero-order valence-corrected chi connectivity index (χ0v) is 17.9. The number of carboxylic acid groups (broad SMARTS) is 1. The van der Waals surface area contributed by atoms with Gasteiger partial charge in [-0.1, -0.05) is 18.2 Å². The van der Waals surface area contributed by atoms with Crippen molar-refractivity contribution in [1.82, 2.24) is 4.98 Å². The number of thiazole rings is 1. The lowest BCUT2D eigenvalue weighted by atomic mass is 9.91. The Balaban J connectivity index is 1.83. The molecule has 160 valence electrons. The number of carbonyl (C=O) groups excluding carboxylic acids is 2. The van der Waals surface area contributed by atoms with Crippen LogP contribution in [0.15, 0.2) is 29.6 Å². The third-order valence-electron chi connectivity index (χ3n) is 4.52. The molecule has 3 rings (SSSR count). The van der Waals surface area contributed by atoms with Crippen molar-refractivity contribution >= 4 is 35.1 Å². The largest absolute Gasteiger partial charge is 0.512 e. The minimum atomic E-state index is -1.44. The molecule has 1 aliphatic heterocycles. The van der Waals surface area contributed by atoms with Gasteiger partial charge in [0.05, 0.1) is 18.3 Å². The summed E-state index contributed by atoms with van der Waals surface area (Å²) in [5, 5.41) is 10.8. The Morgan fingerprint density at radius 1 is 1.30 bits per heavy atom. The molecule has 9 heteroatoms. The fourth-order valence-corrected chi connectivity index (χ4v) is 4.09. The molecule has 0 saturated heterocycles. The SMILES string of the molecule is CC(C)(C)OC(=O)CC1CCC(=O)N(Cc2nc(OC(=O)O)cs2)c2ccccc21. The molecule has 0 radical (unpaired) electrons. The topological polar surface area (TPSA) is 106 Å². The maximum absolute atomic E-state index is 12.9. The van der Waals surface area contributed by atoms with E-state index < -0.39 is 11.8 Å². The molecule has 0 bridgehead atoms. The van der Waals surface area contributed by atoms with Gasteiger partial charge in [-0.15, -0.1) is 11.3 Å².